The minimum absolute atomic E-state index is 0.104. The molecule has 5 aromatic rings. The Bertz CT molecular complexity index is 1610. The normalized spacial score (nSPS) is 15.6. The van der Waals surface area contributed by atoms with Crippen molar-refractivity contribution < 1.29 is 4.42 Å². The van der Waals surface area contributed by atoms with Crippen LogP contribution in [0, 0.1) is 6.92 Å². The van der Waals surface area contributed by atoms with E-state index in [1.54, 1.807) is 16.0 Å². The van der Waals surface area contributed by atoms with Gasteiger partial charge in [-0.25, -0.2) is 9.67 Å². The summed E-state index contributed by atoms with van der Waals surface area (Å²) < 4.78 is 12.2. The molecule has 0 aliphatic heterocycles. The molecule has 0 bridgehead atoms. The molecule has 36 heavy (non-hydrogen) atoms. The second-order valence-electron chi connectivity index (χ2n) is 9.59. The fourth-order valence-electron chi connectivity index (χ4n) is 5.34. The summed E-state index contributed by atoms with van der Waals surface area (Å²) in [6.07, 6.45) is 7.17. The number of furan rings is 1. The van der Waals surface area contributed by atoms with Gasteiger partial charge in [-0.15, -0.1) is 11.3 Å². The zero-order valence-electron chi connectivity index (χ0n) is 20.7. The van der Waals surface area contributed by atoms with E-state index < -0.39 is 0 Å². The summed E-state index contributed by atoms with van der Waals surface area (Å²) in [4.78, 5) is 19.5. The van der Waals surface area contributed by atoms with Crippen molar-refractivity contribution >= 4 is 28.0 Å². The van der Waals surface area contributed by atoms with Crippen LogP contribution in [0.15, 0.2) is 80.2 Å². The summed E-state index contributed by atoms with van der Waals surface area (Å²) in [6.45, 7) is 1.96. The third kappa shape index (κ3) is 3.97. The lowest BCUT2D eigenvalue weighted by atomic mass is 10.1. The van der Waals surface area contributed by atoms with Gasteiger partial charge in [-0.05, 0) is 44.0 Å². The van der Waals surface area contributed by atoms with Crippen LogP contribution in [-0.2, 0) is 7.05 Å². The van der Waals surface area contributed by atoms with E-state index in [1.807, 2.05) is 67.2 Å². The van der Waals surface area contributed by atoms with Crippen LogP contribution in [-0.4, -0.2) is 13.9 Å². The molecule has 2 aromatic carbocycles. The number of rotatable bonds is 4. The number of nitrogens with zero attached hydrogens (tertiary/aromatic N) is 4. The Kier molecular flexibility index (Phi) is 6.01. The van der Waals surface area contributed by atoms with Gasteiger partial charge in [0.25, 0.3) is 5.56 Å². The Hall–Kier alpha value is -3.58. The Morgan fingerprint density at radius 1 is 0.972 bits per heavy atom. The largest absolute Gasteiger partial charge is 0.454 e. The number of thiazole rings is 1. The number of hydrogen-bond donors (Lipinski definition) is 0. The fourth-order valence-corrected chi connectivity index (χ4v) is 6.29. The molecule has 184 valence electrons. The van der Waals surface area contributed by atoms with Crippen LogP contribution in [0.25, 0.3) is 28.1 Å². The topological polar surface area (TPSA) is 57.4 Å². The highest BCUT2D eigenvalue weighted by atomic mass is 32.1. The first kappa shape index (κ1) is 22.9. The highest BCUT2D eigenvalue weighted by Gasteiger charge is 2.23. The van der Waals surface area contributed by atoms with Crippen molar-refractivity contribution in [2.24, 2.45) is 12.0 Å². The van der Waals surface area contributed by atoms with Crippen LogP contribution in [0.1, 0.15) is 50.3 Å². The number of fused-ring (bicyclic) bond motifs is 1. The monoisotopic (exact) mass is 498 g/mol. The lowest BCUT2D eigenvalue weighted by Gasteiger charge is -2.18. The maximum atomic E-state index is 13.6. The third-order valence-electron chi connectivity index (χ3n) is 7.34. The highest BCUT2D eigenvalue weighted by Crippen LogP contribution is 2.34. The second kappa shape index (κ2) is 9.47. The van der Waals surface area contributed by atoms with Gasteiger partial charge in [0.15, 0.2) is 16.2 Å². The van der Waals surface area contributed by atoms with E-state index >= 15 is 0 Å². The zero-order valence-corrected chi connectivity index (χ0v) is 21.5. The van der Waals surface area contributed by atoms with Crippen LogP contribution in [0.4, 0.5) is 5.69 Å². The minimum atomic E-state index is -0.104. The second-order valence-corrected chi connectivity index (χ2v) is 10.4. The van der Waals surface area contributed by atoms with E-state index in [0.29, 0.717) is 11.7 Å². The Balaban J connectivity index is 1.55. The van der Waals surface area contributed by atoms with Gasteiger partial charge < -0.3 is 8.98 Å². The van der Waals surface area contributed by atoms with Gasteiger partial charge in [0.2, 0.25) is 0 Å². The van der Waals surface area contributed by atoms with Crippen LogP contribution < -0.4 is 10.4 Å². The van der Waals surface area contributed by atoms with Crippen molar-refractivity contribution in [2.75, 3.05) is 0 Å². The third-order valence-corrected chi connectivity index (χ3v) is 8.18. The quantitative estimate of drug-likeness (QED) is 0.253. The first-order chi connectivity index (χ1) is 17.6. The molecule has 1 saturated carbocycles. The summed E-state index contributed by atoms with van der Waals surface area (Å²) in [5.74, 6) is 0.852. The maximum absolute atomic E-state index is 13.6. The Morgan fingerprint density at radius 2 is 1.69 bits per heavy atom. The molecule has 3 aromatic heterocycles. The van der Waals surface area contributed by atoms with Crippen molar-refractivity contribution in [1.82, 2.24) is 13.9 Å². The molecule has 0 spiro atoms. The molecule has 6 nitrogen and oxygen atoms in total. The van der Waals surface area contributed by atoms with Gasteiger partial charge in [-0.3, -0.25) is 9.48 Å². The average molecular weight is 499 g/mol. The molecule has 0 radical (unpaired) electrons. The predicted molar refractivity (Wildman–Crippen MR) is 145 cm³/mol. The van der Waals surface area contributed by atoms with Gasteiger partial charge in [-0.1, -0.05) is 62.1 Å². The van der Waals surface area contributed by atoms with Crippen molar-refractivity contribution in [3.8, 4) is 17.1 Å². The van der Waals surface area contributed by atoms with E-state index in [2.05, 4.69) is 22.1 Å². The number of aromatic nitrogens is 3. The van der Waals surface area contributed by atoms with E-state index in [4.69, 9.17) is 9.41 Å². The molecule has 1 fully saturated rings. The van der Waals surface area contributed by atoms with Crippen LogP contribution in [0.3, 0.4) is 0 Å². The standard InChI is InChI=1S/C29H30N4O2S/c1-20-27(28(34)33(31(20)2)23-15-8-5-9-16-23)30-29-32(22-13-6-3-4-7-14-22)24(19-36-29)26-18-21-12-10-11-17-25(21)35-26/h5,8-12,15-19,22H,3-4,6-7,13-14H2,1-2H3. The first-order valence-electron chi connectivity index (χ1n) is 12.7. The molecular weight excluding hydrogens is 468 g/mol. The average Bonchev–Trinajstić information content (AvgIpc) is 3.49. The molecule has 0 N–H and O–H groups in total. The minimum Gasteiger partial charge on any atom is -0.454 e. The van der Waals surface area contributed by atoms with Crippen LogP contribution >= 0.6 is 11.3 Å². The van der Waals surface area contributed by atoms with E-state index in [9.17, 15) is 4.79 Å². The smallest absolute Gasteiger partial charge is 0.297 e. The molecule has 0 atom stereocenters. The van der Waals surface area contributed by atoms with Gasteiger partial charge >= 0.3 is 0 Å². The van der Waals surface area contributed by atoms with E-state index in [1.165, 1.54) is 25.7 Å². The summed E-state index contributed by atoms with van der Waals surface area (Å²) >= 11 is 1.58. The van der Waals surface area contributed by atoms with E-state index in [-0.39, 0.29) is 5.56 Å². The Labute approximate surface area is 213 Å². The molecule has 3 heterocycles. The number of hydrogen-bond acceptors (Lipinski definition) is 4. The zero-order chi connectivity index (χ0) is 24.6. The summed E-state index contributed by atoms with van der Waals surface area (Å²) in [5.41, 5.74) is 3.98. The molecule has 7 heteroatoms. The molecule has 0 unspecified atom stereocenters. The van der Waals surface area contributed by atoms with Crippen molar-refractivity contribution in [2.45, 2.75) is 51.5 Å². The molecule has 1 aliphatic carbocycles. The van der Waals surface area contributed by atoms with Gasteiger partial charge in [0.1, 0.15) is 5.58 Å². The lowest BCUT2D eigenvalue weighted by molar-refractivity contribution is 0.435. The van der Waals surface area contributed by atoms with Gasteiger partial charge in [0.05, 0.1) is 17.1 Å². The molecule has 0 amide bonds. The lowest BCUT2D eigenvalue weighted by Crippen LogP contribution is -2.22. The van der Waals surface area contributed by atoms with Crippen molar-refractivity contribution in [3.63, 3.8) is 0 Å². The van der Waals surface area contributed by atoms with Crippen LogP contribution in [0.5, 0.6) is 0 Å². The maximum Gasteiger partial charge on any atom is 0.297 e. The van der Waals surface area contributed by atoms with Crippen LogP contribution in [0.2, 0.25) is 0 Å². The van der Waals surface area contributed by atoms with Crippen molar-refractivity contribution in [1.29, 1.82) is 0 Å². The summed E-state index contributed by atoms with van der Waals surface area (Å²) in [7, 11) is 1.91. The fraction of sp³-hybridized carbons (Fsp3) is 0.310. The van der Waals surface area contributed by atoms with Crippen molar-refractivity contribution in [3.05, 3.63) is 86.9 Å². The molecular formula is C29H30N4O2S. The highest BCUT2D eigenvalue weighted by molar-refractivity contribution is 7.07. The van der Waals surface area contributed by atoms with Gasteiger partial charge in [0, 0.05) is 23.9 Å². The Morgan fingerprint density at radius 3 is 2.44 bits per heavy atom. The molecule has 1 aliphatic rings. The SMILES string of the molecule is Cc1c(N=c2scc(-c3cc4ccccc4o3)n2C2CCCCCC2)c(=O)n(-c2ccccc2)n1C. The first-order valence-corrected chi connectivity index (χ1v) is 13.6. The summed E-state index contributed by atoms with van der Waals surface area (Å²) in [5, 5.41) is 3.23. The predicted octanol–water partition coefficient (Wildman–Crippen LogP) is 6.89. The number of para-hydroxylation sites is 2. The molecule has 6 rings (SSSR count). The summed E-state index contributed by atoms with van der Waals surface area (Å²) in [6, 6.07) is 20.3. The van der Waals surface area contributed by atoms with Gasteiger partial charge in [-0.2, -0.15) is 0 Å². The number of benzene rings is 2. The molecule has 0 saturated heterocycles. The van der Waals surface area contributed by atoms with E-state index in [0.717, 1.165) is 51.4 Å².